The van der Waals surface area contributed by atoms with Crippen LogP contribution in [0.5, 0.6) is 5.75 Å². The molecule has 0 unspecified atom stereocenters. The topological polar surface area (TPSA) is 41.1 Å². The molecule has 0 atom stereocenters. The summed E-state index contributed by atoms with van der Waals surface area (Å²) in [4.78, 5) is 2.36. The number of methoxy groups -OCH3 is 1. The van der Waals surface area contributed by atoms with E-state index in [0.717, 1.165) is 46.3 Å². The van der Waals surface area contributed by atoms with Crippen molar-refractivity contribution < 1.29 is 9.30 Å². The molecule has 5 nitrogen and oxygen atoms in total. The molecule has 0 amide bonds. The maximum atomic E-state index is 5.30. The van der Waals surface area contributed by atoms with E-state index in [9.17, 15) is 0 Å². The third-order valence-corrected chi connectivity index (χ3v) is 5.44. The molecule has 6 heteroatoms. The molecule has 0 N–H and O–H groups in total. The lowest BCUT2D eigenvalue weighted by atomic mass is 10.2. The van der Waals surface area contributed by atoms with E-state index in [0.29, 0.717) is 0 Å². The van der Waals surface area contributed by atoms with Crippen LogP contribution in [0.15, 0.2) is 52.7 Å². The van der Waals surface area contributed by atoms with E-state index in [4.69, 9.17) is 4.74 Å². The van der Waals surface area contributed by atoms with Crippen molar-refractivity contribution in [3.05, 3.63) is 42.5 Å². The van der Waals surface area contributed by atoms with E-state index >= 15 is 0 Å². The van der Waals surface area contributed by atoms with Crippen molar-refractivity contribution >= 4 is 38.1 Å². The molecule has 0 fully saturated rings. The zero-order valence-corrected chi connectivity index (χ0v) is 16.6. The normalized spacial score (nSPS) is 11.4. The van der Waals surface area contributed by atoms with Gasteiger partial charge in [-0.25, -0.2) is 4.57 Å². The Morgan fingerprint density at radius 2 is 1.85 bits per heavy atom. The van der Waals surface area contributed by atoms with Gasteiger partial charge in [0.2, 0.25) is 0 Å². The Morgan fingerprint density at radius 3 is 2.50 bits per heavy atom. The van der Waals surface area contributed by atoms with Crippen molar-refractivity contribution in [2.75, 3.05) is 25.1 Å². The second-order valence-corrected chi connectivity index (χ2v) is 7.08. The first-order valence-corrected chi connectivity index (χ1v) is 9.71. The number of anilines is 1. The highest BCUT2D eigenvalue weighted by molar-refractivity contribution is 7.21. The zero-order valence-electron chi connectivity index (χ0n) is 15.8. The first-order chi connectivity index (χ1) is 12.7. The number of fused-ring (bicyclic) bond motifs is 1. The van der Waals surface area contributed by atoms with E-state index in [1.165, 1.54) is 5.69 Å². The summed E-state index contributed by atoms with van der Waals surface area (Å²) in [5.74, 6) is 0.853. The number of aryl methyl sites for hydroxylation is 1. The van der Waals surface area contributed by atoms with Gasteiger partial charge < -0.3 is 9.64 Å². The predicted octanol–water partition coefficient (Wildman–Crippen LogP) is 5.39. The van der Waals surface area contributed by atoms with Crippen LogP contribution in [0.4, 0.5) is 16.5 Å². The molecular weight excluding hydrogens is 344 g/mol. The fourth-order valence-electron chi connectivity index (χ4n) is 2.91. The summed E-state index contributed by atoms with van der Waals surface area (Å²) in [6.07, 6.45) is 1.14. The second-order valence-electron chi connectivity index (χ2n) is 6.07. The van der Waals surface area contributed by atoms with Crippen LogP contribution in [-0.4, -0.2) is 20.2 Å². The quantitative estimate of drug-likeness (QED) is 0.414. The Balaban J connectivity index is 1.81. The number of benzene rings is 2. The molecule has 0 aliphatic carbocycles. The number of azo groups is 1. The Kier molecular flexibility index (Phi) is 5.83. The monoisotopic (exact) mass is 369 g/mol. The summed E-state index contributed by atoms with van der Waals surface area (Å²) in [6, 6.07) is 14.3. The van der Waals surface area contributed by atoms with Crippen molar-refractivity contribution in [2.24, 2.45) is 17.3 Å². The number of rotatable bonds is 7. The highest BCUT2D eigenvalue weighted by atomic mass is 32.1. The molecule has 26 heavy (non-hydrogen) atoms. The smallest absolute Gasteiger partial charge is 0.409 e. The van der Waals surface area contributed by atoms with Gasteiger partial charge in [-0.15, -0.1) is 0 Å². The fourth-order valence-corrected chi connectivity index (χ4v) is 3.91. The fraction of sp³-hybridized carbons (Fsp3) is 0.350. The lowest BCUT2D eigenvalue weighted by molar-refractivity contribution is -0.627. The van der Waals surface area contributed by atoms with Gasteiger partial charge >= 0.3 is 5.13 Å². The molecule has 0 saturated carbocycles. The van der Waals surface area contributed by atoms with Crippen LogP contribution in [0, 0.1) is 0 Å². The maximum Gasteiger partial charge on any atom is 0.409 e. The van der Waals surface area contributed by atoms with Gasteiger partial charge in [-0.1, -0.05) is 6.92 Å². The van der Waals surface area contributed by atoms with Gasteiger partial charge in [0, 0.05) is 24.8 Å². The molecule has 1 aromatic heterocycles. The summed E-state index contributed by atoms with van der Waals surface area (Å²) in [6.45, 7) is 6.46. The van der Waals surface area contributed by atoms with Crippen LogP contribution >= 0.6 is 11.3 Å². The first-order valence-electron chi connectivity index (χ1n) is 8.89. The summed E-state index contributed by atoms with van der Waals surface area (Å²) in [5.41, 5.74) is 3.21. The summed E-state index contributed by atoms with van der Waals surface area (Å²) in [5, 5.41) is 9.72. The van der Waals surface area contributed by atoms with E-state index in [-0.39, 0.29) is 0 Å². The van der Waals surface area contributed by atoms with Gasteiger partial charge in [0.05, 0.1) is 24.0 Å². The van der Waals surface area contributed by atoms with E-state index in [2.05, 4.69) is 45.7 Å². The summed E-state index contributed by atoms with van der Waals surface area (Å²) < 4.78 is 8.48. The van der Waals surface area contributed by atoms with Crippen LogP contribution < -0.4 is 14.2 Å². The standard InChI is InChI=1S/C20H25N4OS/c1-5-13-24(6-2)16-9-7-15(8-10-16)21-22-20-23(3)18-12-11-17(25-4)14-19(18)26-20/h7-12,14H,5-6,13H2,1-4H3/q+1. The third-order valence-electron chi connectivity index (χ3n) is 4.36. The number of hydrogen-bond acceptors (Lipinski definition) is 5. The van der Waals surface area contributed by atoms with Crippen molar-refractivity contribution in [3.8, 4) is 5.75 Å². The molecule has 0 aliphatic heterocycles. The number of aromatic nitrogens is 1. The molecule has 0 radical (unpaired) electrons. The average molecular weight is 370 g/mol. The van der Waals surface area contributed by atoms with Gasteiger partial charge in [0.1, 0.15) is 17.0 Å². The molecule has 2 aromatic carbocycles. The number of hydrogen-bond donors (Lipinski definition) is 0. The highest BCUT2D eigenvalue weighted by Gasteiger charge is 2.16. The predicted molar refractivity (Wildman–Crippen MR) is 108 cm³/mol. The molecule has 0 saturated heterocycles. The Morgan fingerprint density at radius 1 is 1.08 bits per heavy atom. The first kappa shape index (κ1) is 18.3. The van der Waals surface area contributed by atoms with Crippen LogP contribution in [0.25, 0.3) is 10.2 Å². The Labute approximate surface area is 158 Å². The van der Waals surface area contributed by atoms with Crippen molar-refractivity contribution in [1.29, 1.82) is 0 Å². The largest absolute Gasteiger partial charge is 0.497 e. The summed E-state index contributed by atoms with van der Waals surface area (Å²) >= 11 is 1.61. The lowest BCUT2D eigenvalue weighted by Gasteiger charge is -2.22. The molecular formula is C20H25N4OS+. The van der Waals surface area contributed by atoms with E-state index in [1.807, 2.05) is 37.4 Å². The number of nitrogens with zero attached hydrogens (tertiary/aromatic N) is 4. The van der Waals surface area contributed by atoms with Crippen molar-refractivity contribution in [2.45, 2.75) is 20.3 Å². The lowest BCUT2D eigenvalue weighted by Crippen LogP contribution is -2.25. The number of thiazole rings is 1. The van der Waals surface area contributed by atoms with Crippen LogP contribution in [0.1, 0.15) is 20.3 Å². The van der Waals surface area contributed by atoms with E-state index in [1.54, 1.807) is 18.4 Å². The molecule has 1 heterocycles. The number of ether oxygens (including phenoxy) is 1. The Bertz CT molecular complexity index is 902. The molecule has 3 aromatic rings. The van der Waals surface area contributed by atoms with Gasteiger partial charge in [-0.2, -0.15) is 0 Å². The van der Waals surface area contributed by atoms with E-state index < -0.39 is 0 Å². The average Bonchev–Trinajstić information content (AvgIpc) is 3.00. The van der Waals surface area contributed by atoms with Crippen molar-refractivity contribution in [3.63, 3.8) is 0 Å². The van der Waals surface area contributed by atoms with Crippen LogP contribution in [-0.2, 0) is 7.05 Å². The molecule has 3 rings (SSSR count). The van der Waals surface area contributed by atoms with Gasteiger partial charge in [0.15, 0.2) is 0 Å². The SMILES string of the molecule is CCCN(CC)c1ccc(N=Nc2sc3cc(OC)ccc3[n+]2C)cc1. The molecule has 0 aliphatic rings. The van der Waals surface area contributed by atoms with Gasteiger partial charge in [-0.3, -0.25) is 0 Å². The minimum absolute atomic E-state index is 0.853. The molecule has 0 spiro atoms. The minimum atomic E-state index is 0.853. The third kappa shape index (κ3) is 3.85. The Hall–Kier alpha value is -2.47. The van der Waals surface area contributed by atoms with Crippen LogP contribution in [0.2, 0.25) is 0 Å². The van der Waals surface area contributed by atoms with Gasteiger partial charge in [0.25, 0.3) is 0 Å². The minimum Gasteiger partial charge on any atom is -0.497 e. The molecule has 0 bridgehead atoms. The summed E-state index contributed by atoms with van der Waals surface area (Å²) in [7, 11) is 3.69. The van der Waals surface area contributed by atoms with Crippen molar-refractivity contribution in [1.82, 2.24) is 0 Å². The molecule has 136 valence electrons. The maximum absolute atomic E-state index is 5.30. The highest BCUT2D eigenvalue weighted by Crippen LogP contribution is 2.30. The zero-order chi connectivity index (χ0) is 18.5. The van der Waals surface area contributed by atoms with Crippen LogP contribution in [0.3, 0.4) is 0 Å². The van der Waals surface area contributed by atoms with Gasteiger partial charge in [-0.05, 0) is 66.2 Å². The second kappa shape index (κ2) is 8.27.